The van der Waals surface area contributed by atoms with Crippen molar-refractivity contribution in [2.75, 3.05) is 5.75 Å². The molecule has 0 aromatic heterocycles. The van der Waals surface area contributed by atoms with Gasteiger partial charge in [0, 0.05) is 4.75 Å². The first-order chi connectivity index (χ1) is 6.40. The SMILES string of the molecule is CC1CCCC(C)C1CSC(C)(C)C. The fourth-order valence-corrected chi connectivity index (χ4v) is 3.78. The third-order valence-corrected chi connectivity index (χ3v) is 4.91. The molecule has 0 saturated heterocycles. The zero-order valence-electron chi connectivity index (χ0n) is 10.5. The summed E-state index contributed by atoms with van der Waals surface area (Å²) in [5.74, 6) is 4.24. The zero-order chi connectivity index (χ0) is 10.8. The number of hydrogen-bond donors (Lipinski definition) is 0. The Morgan fingerprint density at radius 3 is 2.00 bits per heavy atom. The molecule has 0 radical (unpaired) electrons. The molecule has 0 amide bonds. The van der Waals surface area contributed by atoms with Crippen molar-refractivity contribution in [3.05, 3.63) is 0 Å². The summed E-state index contributed by atoms with van der Waals surface area (Å²) in [5.41, 5.74) is 0. The van der Waals surface area contributed by atoms with Crippen molar-refractivity contribution in [3.63, 3.8) is 0 Å². The molecule has 1 rings (SSSR count). The highest BCUT2D eigenvalue weighted by molar-refractivity contribution is 8.00. The molecule has 1 saturated carbocycles. The van der Waals surface area contributed by atoms with Gasteiger partial charge in [-0.25, -0.2) is 0 Å². The molecule has 0 heterocycles. The molecule has 1 aliphatic carbocycles. The van der Waals surface area contributed by atoms with Gasteiger partial charge in [0.1, 0.15) is 0 Å². The van der Waals surface area contributed by atoms with Gasteiger partial charge >= 0.3 is 0 Å². The van der Waals surface area contributed by atoms with Gasteiger partial charge in [-0.15, -0.1) is 0 Å². The third kappa shape index (κ3) is 3.84. The number of hydrogen-bond acceptors (Lipinski definition) is 1. The van der Waals surface area contributed by atoms with Gasteiger partial charge in [-0.3, -0.25) is 0 Å². The minimum Gasteiger partial charge on any atom is -0.156 e. The predicted molar refractivity (Wildman–Crippen MR) is 67.9 cm³/mol. The molecule has 2 atom stereocenters. The van der Waals surface area contributed by atoms with E-state index in [1.165, 1.54) is 25.0 Å². The summed E-state index contributed by atoms with van der Waals surface area (Å²) < 4.78 is 0.441. The Morgan fingerprint density at radius 2 is 1.57 bits per heavy atom. The van der Waals surface area contributed by atoms with E-state index in [-0.39, 0.29) is 0 Å². The monoisotopic (exact) mass is 214 g/mol. The van der Waals surface area contributed by atoms with Crippen LogP contribution in [-0.2, 0) is 0 Å². The van der Waals surface area contributed by atoms with Crippen molar-refractivity contribution in [2.24, 2.45) is 17.8 Å². The molecule has 0 aromatic carbocycles. The number of rotatable bonds is 2. The van der Waals surface area contributed by atoms with Gasteiger partial charge in [-0.1, -0.05) is 53.9 Å². The average molecular weight is 214 g/mol. The summed E-state index contributed by atoms with van der Waals surface area (Å²) in [4.78, 5) is 0. The summed E-state index contributed by atoms with van der Waals surface area (Å²) in [6.07, 6.45) is 4.37. The van der Waals surface area contributed by atoms with Crippen LogP contribution in [0.5, 0.6) is 0 Å². The Hall–Kier alpha value is 0.350. The topological polar surface area (TPSA) is 0 Å². The maximum Gasteiger partial charge on any atom is 0.00752 e. The van der Waals surface area contributed by atoms with Crippen LogP contribution in [0.1, 0.15) is 53.9 Å². The van der Waals surface area contributed by atoms with Crippen LogP contribution in [-0.4, -0.2) is 10.5 Å². The van der Waals surface area contributed by atoms with Crippen LogP contribution in [0.2, 0.25) is 0 Å². The Labute approximate surface area is 94.2 Å². The van der Waals surface area contributed by atoms with E-state index in [2.05, 4.69) is 46.4 Å². The molecule has 0 aliphatic heterocycles. The molecule has 1 aliphatic rings. The minimum atomic E-state index is 0.441. The lowest BCUT2D eigenvalue weighted by Gasteiger charge is -2.36. The van der Waals surface area contributed by atoms with Gasteiger partial charge in [0.05, 0.1) is 0 Å². The van der Waals surface area contributed by atoms with Crippen LogP contribution < -0.4 is 0 Å². The molecule has 14 heavy (non-hydrogen) atoms. The van der Waals surface area contributed by atoms with Crippen LogP contribution in [0.25, 0.3) is 0 Å². The standard InChI is InChI=1S/C13H26S/c1-10-7-6-8-11(2)12(10)9-14-13(3,4)5/h10-12H,6-9H2,1-5H3. The summed E-state index contributed by atoms with van der Waals surface area (Å²) in [5, 5.41) is 0. The van der Waals surface area contributed by atoms with Gasteiger partial charge in [-0.2, -0.15) is 11.8 Å². The largest absolute Gasteiger partial charge is 0.156 e. The summed E-state index contributed by atoms with van der Waals surface area (Å²) in [7, 11) is 0. The summed E-state index contributed by atoms with van der Waals surface area (Å²) in [6.45, 7) is 11.9. The molecule has 1 fully saturated rings. The van der Waals surface area contributed by atoms with Crippen molar-refractivity contribution in [2.45, 2.75) is 58.6 Å². The first-order valence-corrected chi connectivity index (χ1v) is 7.02. The second-order valence-corrected chi connectivity index (χ2v) is 7.82. The molecule has 0 aromatic rings. The highest BCUT2D eigenvalue weighted by Gasteiger charge is 2.28. The maximum atomic E-state index is 2.45. The minimum absolute atomic E-state index is 0.441. The zero-order valence-corrected chi connectivity index (χ0v) is 11.3. The quantitative estimate of drug-likeness (QED) is 0.648. The van der Waals surface area contributed by atoms with E-state index in [1.54, 1.807) is 0 Å². The summed E-state index contributed by atoms with van der Waals surface area (Å²) >= 11 is 2.15. The normalized spacial score (nSPS) is 34.5. The van der Waals surface area contributed by atoms with Gasteiger partial charge in [0.15, 0.2) is 0 Å². The second kappa shape index (κ2) is 4.92. The Kier molecular flexibility index (Phi) is 4.36. The fourth-order valence-electron chi connectivity index (χ4n) is 2.43. The summed E-state index contributed by atoms with van der Waals surface area (Å²) in [6, 6.07) is 0. The van der Waals surface area contributed by atoms with Gasteiger partial charge in [0.2, 0.25) is 0 Å². The first-order valence-electron chi connectivity index (χ1n) is 6.04. The number of thioether (sulfide) groups is 1. The Morgan fingerprint density at radius 1 is 1.07 bits per heavy atom. The van der Waals surface area contributed by atoms with Crippen molar-refractivity contribution >= 4 is 11.8 Å². The maximum absolute atomic E-state index is 2.45. The molecule has 0 nitrogen and oxygen atoms in total. The smallest absolute Gasteiger partial charge is 0.00752 e. The van der Waals surface area contributed by atoms with Gasteiger partial charge < -0.3 is 0 Å². The molecular formula is C13H26S. The Bertz CT molecular complexity index is 159. The molecule has 0 N–H and O–H groups in total. The van der Waals surface area contributed by atoms with E-state index in [0.29, 0.717) is 4.75 Å². The van der Waals surface area contributed by atoms with E-state index in [4.69, 9.17) is 0 Å². The lowest BCUT2D eigenvalue weighted by atomic mass is 9.75. The van der Waals surface area contributed by atoms with E-state index in [9.17, 15) is 0 Å². The first kappa shape index (κ1) is 12.4. The van der Waals surface area contributed by atoms with E-state index < -0.39 is 0 Å². The van der Waals surface area contributed by atoms with Crippen molar-refractivity contribution in [1.29, 1.82) is 0 Å². The van der Waals surface area contributed by atoms with Gasteiger partial charge in [-0.05, 0) is 23.5 Å². The molecule has 0 spiro atoms. The van der Waals surface area contributed by atoms with Crippen LogP contribution in [0, 0.1) is 17.8 Å². The molecular weight excluding hydrogens is 188 g/mol. The molecule has 1 heteroatoms. The molecule has 0 bridgehead atoms. The van der Waals surface area contributed by atoms with E-state index >= 15 is 0 Å². The second-order valence-electron chi connectivity index (χ2n) is 5.97. The average Bonchev–Trinajstić information content (AvgIpc) is 2.01. The van der Waals surface area contributed by atoms with Crippen molar-refractivity contribution < 1.29 is 0 Å². The molecule has 2 unspecified atom stereocenters. The third-order valence-electron chi connectivity index (χ3n) is 3.49. The van der Waals surface area contributed by atoms with Crippen molar-refractivity contribution in [3.8, 4) is 0 Å². The fraction of sp³-hybridized carbons (Fsp3) is 1.00. The van der Waals surface area contributed by atoms with Crippen LogP contribution >= 0.6 is 11.8 Å². The lowest BCUT2D eigenvalue weighted by molar-refractivity contribution is 0.202. The van der Waals surface area contributed by atoms with E-state index in [0.717, 1.165) is 17.8 Å². The lowest BCUT2D eigenvalue weighted by Crippen LogP contribution is -2.28. The molecule has 84 valence electrons. The van der Waals surface area contributed by atoms with Crippen LogP contribution in [0.3, 0.4) is 0 Å². The van der Waals surface area contributed by atoms with E-state index in [1.807, 2.05) is 0 Å². The predicted octanol–water partition coefficient (Wildman–Crippen LogP) is 4.59. The highest BCUT2D eigenvalue weighted by Crippen LogP contribution is 2.38. The van der Waals surface area contributed by atoms with Crippen LogP contribution in [0.15, 0.2) is 0 Å². The Balaban J connectivity index is 2.40. The van der Waals surface area contributed by atoms with Crippen LogP contribution in [0.4, 0.5) is 0 Å². The van der Waals surface area contributed by atoms with Crippen molar-refractivity contribution in [1.82, 2.24) is 0 Å². The highest BCUT2D eigenvalue weighted by atomic mass is 32.2. The van der Waals surface area contributed by atoms with Gasteiger partial charge in [0.25, 0.3) is 0 Å².